The van der Waals surface area contributed by atoms with Crippen molar-refractivity contribution in [3.63, 3.8) is 0 Å². The van der Waals surface area contributed by atoms with Crippen LogP contribution in [0.3, 0.4) is 0 Å². The first kappa shape index (κ1) is 29.6. The molecule has 4 aromatic rings. The van der Waals surface area contributed by atoms with E-state index in [0.29, 0.717) is 23.2 Å². The number of carboxylic acid groups (broad SMARTS) is 1. The van der Waals surface area contributed by atoms with Crippen LogP contribution >= 0.6 is 11.8 Å². The maximum Gasteiger partial charge on any atom is 0.303 e. The van der Waals surface area contributed by atoms with Gasteiger partial charge in [0.2, 0.25) is 0 Å². The highest BCUT2D eigenvalue weighted by molar-refractivity contribution is 7.99. The van der Waals surface area contributed by atoms with E-state index in [0.717, 1.165) is 45.9 Å². The van der Waals surface area contributed by atoms with Gasteiger partial charge in [0.05, 0.1) is 5.69 Å². The van der Waals surface area contributed by atoms with E-state index < -0.39 is 5.97 Å². The highest BCUT2D eigenvalue weighted by Gasteiger charge is 2.17. The summed E-state index contributed by atoms with van der Waals surface area (Å²) >= 11 is 1.67. The molecule has 0 heterocycles. The molecule has 0 spiro atoms. The van der Waals surface area contributed by atoms with Gasteiger partial charge in [-0.15, -0.1) is 11.8 Å². The molecule has 41 heavy (non-hydrogen) atoms. The predicted molar refractivity (Wildman–Crippen MR) is 167 cm³/mol. The molecule has 2 amide bonds. The third kappa shape index (κ3) is 8.08. The molecule has 210 valence electrons. The zero-order chi connectivity index (χ0) is 29.2. The number of rotatable bonds is 12. The van der Waals surface area contributed by atoms with E-state index in [1.807, 2.05) is 79.7 Å². The van der Waals surface area contributed by atoms with Crippen molar-refractivity contribution in [3.8, 4) is 11.1 Å². The van der Waals surface area contributed by atoms with Gasteiger partial charge < -0.3 is 15.3 Å². The lowest BCUT2D eigenvalue weighted by molar-refractivity contribution is -0.137. The summed E-state index contributed by atoms with van der Waals surface area (Å²) in [6.45, 7) is 2.03. The molecule has 0 aliphatic carbocycles. The van der Waals surface area contributed by atoms with Crippen molar-refractivity contribution in [2.45, 2.75) is 37.5 Å². The Morgan fingerprint density at radius 1 is 0.805 bits per heavy atom. The van der Waals surface area contributed by atoms with Gasteiger partial charge in [0.15, 0.2) is 0 Å². The third-order valence-corrected chi connectivity index (χ3v) is 7.90. The van der Waals surface area contributed by atoms with Crippen molar-refractivity contribution < 1.29 is 19.5 Å². The fourth-order valence-electron chi connectivity index (χ4n) is 4.46. The Morgan fingerprint density at radius 2 is 1.49 bits per heavy atom. The quantitative estimate of drug-likeness (QED) is 0.134. The van der Waals surface area contributed by atoms with Gasteiger partial charge in [-0.05, 0) is 79.1 Å². The van der Waals surface area contributed by atoms with Crippen LogP contribution in [0.15, 0.2) is 102 Å². The number of carbonyl (C=O) groups is 3. The summed E-state index contributed by atoms with van der Waals surface area (Å²) in [7, 11) is 1.76. The van der Waals surface area contributed by atoms with Gasteiger partial charge in [-0.3, -0.25) is 14.4 Å². The second-order valence-electron chi connectivity index (χ2n) is 9.83. The largest absolute Gasteiger partial charge is 0.481 e. The molecular weight excluding hydrogens is 532 g/mol. The molecule has 0 saturated carbocycles. The lowest BCUT2D eigenvalue weighted by Gasteiger charge is -2.21. The Morgan fingerprint density at radius 3 is 2.22 bits per heavy atom. The smallest absolute Gasteiger partial charge is 0.303 e. The number of carbonyl (C=O) groups excluding carboxylic acids is 2. The highest BCUT2D eigenvalue weighted by atomic mass is 32.2. The molecule has 0 aromatic heterocycles. The van der Waals surface area contributed by atoms with Crippen LogP contribution in [0.5, 0.6) is 0 Å². The van der Waals surface area contributed by atoms with Crippen LogP contribution in [-0.4, -0.2) is 35.7 Å². The number of amides is 2. The van der Waals surface area contributed by atoms with Crippen LogP contribution in [0.25, 0.3) is 11.1 Å². The minimum absolute atomic E-state index is 0.151. The van der Waals surface area contributed by atoms with Gasteiger partial charge >= 0.3 is 5.97 Å². The summed E-state index contributed by atoms with van der Waals surface area (Å²) in [5.74, 6) is -0.282. The maximum atomic E-state index is 13.3. The monoisotopic (exact) mass is 566 g/mol. The summed E-state index contributed by atoms with van der Waals surface area (Å²) in [6.07, 6.45) is 2.64. The fourth-order valence-corrected chi connectivity index (χ4v) is 5.55. The Hall–Kier alpha value is -4.36. The lowest BCUT2D eigenvalue weighted by Crippen LogP contribution is -2.26. The Balaban J connectivity index is 1.40. The molecule has 0 fully saturated rings. The number of aliphatic carboxylic acids is 1. The molecule has 4 rings (SSSR count). The Bertz CT molecular complexity index is 1500. The third-order valence-electron chi connectivity index (χ3n) is 6.75. The zero-order valence-corrected chi connectivity index (χ0v) is 24.1. The number of anilines is 2. The van der Waals surface area contributed by atoms with E-state index in [-0.39, 0.29) is 18.2 Å². The molecule has 7 heteroatoms. The number of nitrogens with one attached hydrogen (secondary N) is 1. The standard InChI is InChI=1S/C34H34N2O4S/c1-24-15-17-25(18-16-24)28-10-5-6-11-29(28)33(39)35-27-21-19-26(20-22-27)34(40)36(2)30-12-7-8-13-31(30)41-23-9-3-4-14-32(37)38/h5-8,10-13,15-22H,3-4,9,14,23H2,1-2H3,(H,35,39)(H,37,38). The van der Waals surface area contributed by atoms with E-state index in [9.17, 15) is 14.4 Å². The minimum atomic E-state index is -0.762. The van der Waals surface area contributed by atoms with Crippen LogP contribution in [-0.2, 0) is 4.79 Å². The number of para-hydroxylation sites is 1. The average molecular weight is 567 g/mol. The van der Waals surface area contributed by atoms with Crippen molar-refractivity contribution >= 4 is 40.9 Å². The predicted octanol–water partition coefficient (Wildman–Crippen LogP) is 7.93. The van der Waals surface area contributed by atoms with Crippen LogP contribution < -0.4 is 10.2 Å². The number of hydrogen-bond acceptors (Lipinski definition) is 4. The number of aryl methyl sites for hydroxylation is 1. The zero-order valence-electron chi connectivity index (χ0n) is 23.3. The molecular formula is C34H34N2O4S. The lowest BCUT2D eigenvalue weighted by atomic mass is 9.98. The molecule has 2 N–H and O–H groups in total. The second-order valence-corrected chi connectivity index (χ2v) is 11.0. The molecule has 0 bridgehead atoms. The summed E-state index contributed by atoms with van der Waals surface area (Å²) in [5.41, 5.74) is 5.50. The van der Waals surface area contributed by atoms with E-state index >= 15 is 0 Å². The number of nitrogens with zero attached hydrogens (tertiary/aromatic N) is 1. The minimum Gasteiger partial charge on any atom is -0.481 e. The second kappa shape index (κ2) is 14.3. The van der Waals surface area contributed by atoms with Gasteiger partial charge in [0.1, 0.15) is 0 Å². The fraction of sp³-hybridized carbons (Fsp3) is 0.206. The number of hydrogen-bond donors (Lipinski definition) is 2. The van der Waals surface area contributed by atoms with Gasteiger partial charge in [0.25, 0.3) is 11.8 Å². The van der Waals surface area contributed by atoms with Crippen LogP contribution in [0.1, 0.15) is 52.0 Å². The summed E-state index contributed by atoms with van der Waals surface area (Å²) in [6, 6.07) is 30.3. The van der Waals surface area contributed by atoms with E-state index in [2.05, 4.69) is 5.32 Å². The molecule has 4 aromatic carbocycles. The van der Waals surface area contributed by atoms with Crippen molar-refractivity contribution in [2.24, 2.45) is 0 Å². The van der Waals surface area contributed by atoms with Crippen LogP contribution in [0.4, 0.5) is 11.4 Å². The van der Waals surface area contributed by atoms with Gasteiger partial charge in [-0.2, -0.15) is 0 Å². The first-order valence-corrected chi connectivity index (χ1v) is 14.6. The maximum absolute atomic E-state index is 13.3. The highest BCUT2D eigenvalue weighted by Crippen LogP contribution is 2.31. The molecule has 6 nitrogen and oxygen atoms in total. The van der Waals surface area contributed by atoms with Crippen LogP contribution in [0.2, 0.25) is 0 Å². The summed E-state index contributed by atoms with van der Waals surface area (Å²) in [4.78, 5) is 39.8. The van der Waals surface area contributed by atoms with Gasteiger partial charge in [0, 0.05) is 35.2 Å². The summed E-state index contributed by atoms with van der Waals surface area (Å²) in [5, 5.41) is 11.7. The van der Waals surface area contributed by atoms with E-state index in [4.69, 9.17) is 5.11 Å². The summed E-state index contributed by atoms with van der Waals surface area (Å²) < 4.78 is 0. The van der Waals surface area contributed by atoms with Crippen molar-refractivity contribution in [3.05, 3.63) is 114 Å². The molecule has 0 aliphatic heterocycles. The van der Waals surface area contributed by atoms with Crippen molar-refractivity contribution in [1.82, 2.24) is 0 Å². The SMILES string of the molecule is Cc1ccc(-c2ccccc2C(=O)Nc2ccc(C(=O)N(C)c3ccccc3SCCCCCC(=O)O)cc2)cc1. The number of benzene rings is 4. The topological polar surface area (TPSA) is 86.7 Å². The van der Waals surface area contributed by atoms with E-state index in [1.165, 1.54) is 0 Å². The molecule has 0 atom stereocenters. The van der Waals surface area contributed by atoms with Crippen molar-refractivity contribution in [2.75, 3.05) is 23.0 Å². The Kier molecular flexibility index (Phi) is 10.3. The average Bonchev–Trinajstić information content (AvgIpc) is 2.99. The molecule has 0 unspecified atom stereocenters. The normalized spacial score (nSPS) is 10.7. The first-order valence-electron chi connectivity index (χ1n) is 13.6. The molecule has 0 saturated heterocycles. The van der Waals surface area contributed by atoms with Gasteiger partial charge in [-0.1, -0.05) is 66.6 Å². The van der Waals surface area contributed by atoms with E-state index in [1.54, 1.807) is 48.0 Å². The van der Waals surface area contributed by atoms with Gasteiger partial charge in [-0.25, -0.2) is 0 Å². The number of thioether (sulfide) groups is 1. The number of carboxylic acids is 1. The first-order chi connectivity index (χ1) is 19.8. The number of unbranched alkanes of at least 4 members (excludes halogenated alkanes) is 2. The molecule has 0 radical (unpaired) electrons. The Labute approximate surface area is 245 Å². The van der Waals surface area contributed by atoms with Crippen molar-refractivity contribution in [1.29, 1.82) is 0 Å². The van der Waals surface area contributed by atoms with Crippen LogP contribution in [0, 0.1) is 6.92 Å². The molecule has 0 aliphatic rings.